The van der Waals surface area contributed by atoms with Crippen molar-refractivity contribution in [2.45, 2.75) is 57.5 Å². The second-order valence-electron chi connectivity index (χ2n) is 7.06. The van der Waals surface area contributed by atoms with Crippen LogP contribution in [0.2, 0.25) is 0 Å². The highest BCUT2D eigenvalue weighted by molar-refractivity contribution is 5.06. The van der Waals surface area contributed by atoms with Crippen LogP contribution in [0.4, 0.5) is 0 Å². The van der Waals surface area contributed by atoms with E-state index < -0.39 is 0 Å². The minimum Gasteiger partial charge on any atom is -0.380 e. The molecule has 0 aromatic heterocycles. The summed E-state index contributed by atoms with van der Waals surface area (Å²) in [6.45, 7) is 10.0. The molecule has 2 atom stereocenters. The van der Waals surface area contributed by atoms with Crippen LogP contribution in [0.3, 0.4) is 0 Å². The normalized spacial score (nSPS) is 36.6. The highest BCUT2D eigenvalue weighted by Crippen LogP contribution is 2.44. The Morgan fingerprint density at radius 3 is 2.63 bits per heavy atom. The molecule has 2 saturated carbocycles. The second-order valence-corrected chi connectivity index (χ2v) is 7.06. The van der Waals surface area contributed by atoms with Gasteiger partial charge in [-0.15, -0.1) is 0 Å². The van der Waals surface area contributed by atoms with Gasteiger partial charge in [-0.2, -0.15) is 0 Å². The molecule has 19 heavy (non-hydrogen) atoms. The number of rotatable bonds is 7. The van der Waals surface area contributed by atoms with Crippen LogP contribution >= 0.6 is 0 Å². The molecule has 3 fully saturated rings. The van der Waals surface area contributed by atoms with E-state index in [2.05, 4.69) is 24.1 Å². The molecule has 3 nitrogen and oxygen atoms in total. The molecular weight excluding hydrogens is 236 g/mol. The van der Waals surface area contributed by atoms with E-state index in [1.54, 1.807) is 0 Å². The predicted molar refractivity (Wildman–Crippen MR) is 78.3 cm³/mol. The van der Waals surface area contributed by atoms with Crippen molar-refractivity contribution in [2.75, 3.05) is 32.8 Å². The lowest BCUT2D eigenvalue weighted by Gasteiger charge is -2.47. The predicted octanol–water partition coefficient (Wildman–Crippen LogP) is 2.27. The molecule has 2 aliphatic carbocycles. The Kier molecular flexibility index (Phi) is 4.16. The van der Waals surface area contributed by atoms with Crippen LogP contribution in [0.1, 0.15) is 46.0 Å². The topological polar surface area (TPSA) is 24.5 Å². The van der Waals surface area contributed by atoms with E-state index in [0.29, 0.717) is 5.54 Å². The Hall–Kier alpha value is -0.120. The lowest BCUT2D eigenvalue weighted by atomic mass is 9.90. The van der Waals surface area contributed by atoms with Gasteiger partial charge in [0, 0.05) is 37.8 Å². The standard InChI is InChI=1S/C16H30N2O/c1-3-9-19-10-8-18-12-16(2,14-6-7-14)17-11-15(18)13-4-5-13/h13-15,17H,3-12H2,1-2H3. The molecule has 0 bridgehead atoms. The lowest BCUT2D eigenvalue weighted by molar-refractivity contribution is 0.0313. The average molecular weight is 266 g/mol. The smallest absolute Gasteiger partial charge is 0.0593 e. The van der Waals surface area contributed by atoms with Gasteiger partial charge in [-0.05, 0) is 50.9 Å². The van der Waals surface area contributed by atoms with E-state index in [1.807, 2.05) is 0 Å². The Morgan fingerprint density at radius 2 is 2.00 bits per heavy atom. The SMILES string of the molecule is CCCOCCN1CC(C)(C2CC2)NCC1C1CC1. The summed E-state index contributed by atoms with van der Waals surface area (Å²) >= 11 is 0. The number of piperazine rings is 1. The third-order valence-corrected chi connectivity index (χ3v) is 5.23. The van der Waals surface area contributed by atoms with Crippen molar-refractivity contribution in [3.05, 3.63) is 0 Å². The van der Waals surface area contributed by atoms with Crippen LogP contribution in [0, 0.1) is 11.8 Å². The fourth-order valence-electron chi connectivity index (χ4n) is 3.67. The van der Waals surface area contributed by atoms with E-state index in [-0.39, 0.29) is 0 Å². The van der Waals surface area contributed by atoms with E-state index in [1.165, 1.54) is 38.8 Å². The van der Waals surface area contributed by atoms with Crippen molar-refractivity contribution < 1.29 is 4.74 Å². The van der Waals surface area contributed by atoms with E-state index in [4.69, 9.17) is 4.74 Å². The van der Waals surface area contributed by atoms with Gasteiger partial charge in [0.25, 0.3) is 0 Å². The molecule has 110 valence electrons. The molecule has 1 N–H and O–H groups in total. The molecule has 1 heterocycles. The highest BCUT2D eigenvalue weighted by Gasteiger charge is 2.48. The van der Waals surface area contributed by atoms with Crippen LogP contribution in [-0.4, -0.2) is 49.3 Å². The second kappa shape index (κ2) is 5.71. The Balaban J connectivity index is 1.54. The molecule has 3 aliphatic rings. The quantitative estimate of drug-likeness (QED) is 0.715. The summed E-state index contributed by atoms with van der Waals surface area (Å²) in [6, 6.07) is 0.775. The van der Waals surface area contributed by atoms with Gasteiger partial charge in [0.05, 0.1) is 6.61 Å². The summed E-state index contributed by atoms with van der Waals surface area (Å²) in [5, 5.41) is 3.88. The van der Waals surface area contributed by atoms with Crippen molar-refractivity contribution in [1.29, 1.82) is 0 Å². The number of nitrogens with zero attached hydrogens (tertiary/aromatic N) is 1. The first-order valence-corrected chi connectivity index (χ1v) is 8.30. The van der Waals surface area contributed by atoms with E-state index in [0.717, 1.165) is 44.1 Å². The summed E-state index contributed by atoms with van der Waals surface area (Å²) in [4.78, 5) is 2.74. The Labute approximate surface area is 118 Å². The Morgan fingerprint density at radius 1 is 1.21 bits per heavy atom. The summed E-state index contributed by atoms with van der Waals surface area (Å²) in [6.07, 6.45) is 6.88. The average Bonchev–Trinajstić information content (AvgIpc) is 3.28. The van der Waals surface area contributed by atoms with Gasteiger partial charge in [-0.25, -0.2) is 0 Å². The highest BCUT2D eigenvalue weighted by atomic mass is 16.5. The molecular formula is C16H30N2O. The minimum absolute atomic E-state index is 0.371. The van der Waals surface area contributed by atoms with Gasteiger partial charge in [-0.1, -0.05) is 6.92 Å². The van der Waals surface area contributed by atoms with Gasteiger partial charge in [0.1, 0.15) is 0 Å². The maximum Gasteiger partial charge on any atom is 0.0593 e. The molecule has 0 amide bonds. The van der Waals surface area contributed by atoms with Crippen LogP contribution in [0.25, 0.3) is 0 Å². The lowest BCUT2D eigenvalue weighted by Crippen LogP contribution is -2.64. The number of ether oxygens (including phenoxy) is 1. The van der Waals surface area contributed by atoms with Gasteiger partial charge >= 0.3 is 0 Å². The molecule has 1 aliphatic heterocycles. The van der Waals surface area contributed by atoms with Crippen LogP contribution in [0.5, 0.6) is 0 Å². The zero-order valence-electron chi connectivity index (χ0n) is 12.7. The van der Waals surface area contributed by atoms with Crippen LogP contribution in [0.15, 0.2) is 0 Å². The van der Waals surface area contributed by atoms with Gasteiger partial charge in [0.2, 0.25) is 0 Å². The summed E-state index contributed by atoms with van der Waals surface area (Å²) in [5.74, 6) is 1.88. The molecule has 0 spiro atoms. The molecule has 0 aromatic rings. The minimum atomic E-state index is 0.371. The maximum atomic E-state index is 5.72. The number of hydrogen-bond acceptors (Lipinski definition) is 3. The first-order chi connectivity index (χ1) is 9.23. The molecule has 3 rings (SSSR count). The molecule has 2 unspecified atom stereocenters. The van der Waals surface area contributed by atoms with Crippen molar-refractivity contribution in [1.82, 2.24) is 10.2 Å². The largest absolute Gasteiger partial charge is 0.380 e. The molecule has 0 aromatic carbocycles. The molecule has 3 heteroatoms. The maximum absolute atomic E-state index is 5.72. The van der Waals surface area contributed by atoms with Gasteiger partial charge < -0.3 is 10.1 Å². The summed E-state index contributed by atoms with van der Waals surface area (Å²) in [5.41, 5.74) is 0.371. The first-order valence-electron chi connectivity index (χ1n) is 8.30. The fraction of sp³-hybridized carbons (Fsp3) is 1.00. The summed E-state index contributed by atoms with van der Waals surface area (Å²) < 4.78 is 5.72. The van der Waals surface area contributed by atoms with Crippen molar-refractivity contribution in [2.24, 2.45) is 11.8 Å². The van der Waals surface area contributed by atoms with Crippen molar-refractivity contribution >= 4 is 0 Å². The van der Waals surface area contributed by atoms with Crippen molar-refractivity contribution in [3.8, 4) is 0 Å². The zero-order valence-corrected chi connectivity index (χ0v) is 12.7. The van der Waals surface area contributed by atoms with Crippen LogP contribution in [-0.2, 0) is 4.74 Å². The summed E-state index contributed by atoms with van der Waals surface area (Å²) in [7, 11) is 0. The zero-order chi connectivity index (χ0) is 13.3. The number of nitrogens with one attached hydrogen (secondary N) is 1. The van der Waals surface area contributed by atoms with Gasteiger partial charge in [-0.3, -0.25) is 4.90 Å². The first kappa shape index (κ1) is 13.8. The fourth-order valence-corrected chi connectivity index (χ4v) is 3.67. The third kappa shape index (κ3) is 3.32. The number of hydrogen-bond donors (Lipinski definition) is 1. The molecule has 1 saturated heterocycles. The molecule has 0 radical (unpaired) electrons. The van der Waals surface area contributed by atoms with Crippen LogP contribution < -0.4 is 5.32 Å². The Bertz CT molecular complexity index is 301. The van der Waals surface area contributed by atoms with Gasteiger partial charge in [0.15, 0.2) is 0 Å². The van der Waals surface area contributed by atoms with Crippen molar-refractivity contribution in [3.63, 3.8) is 0 Å². The third-order valence-electron chi connectivity index (χ3n) is 5.23. The van der Waals surface area contributed by atoms with E-state index >= 15 is 0 Å². The monoisotopic (exact) mass is 266 g/mol. The van der Waals surface area contributed by atoms with E-state index in [9.17, 15) is 0 Å².